The average Bonchev–Trinajstić information content (AvgIpc) is 2.68. The van der Waals surface area contributed by atoms with E-state index in [1.54, 1.807) is 29.7 Å². The van der Waals surface area contributed by atoms with Crippen molar-refractivity contribution in [3.8, 4) is 11.5 Å². The number of hydrogen-bond donors (Lipinski definition) is 2. The van der Waals surface area contributed by atoms with Crippen LogP contribution in [0.3, 0.4) is 0 Å². The number of benzene rings is 2. The van der Waals surface area contributed by atoms with Gasteiger partial charge in [0.2, 0.25) is 10.0 Å². The molecule has 0 spiro atoms. The van der Waals surface area contributed by atoms with Crippen molar-refractivity contribution in [2.24, 2.45) is 0 Å². The highest BCUT2D eigenvalue weighted by Crippen LogP contribution is 2.28. The van der Waals surface area contributed by atoms with E-state index in [1.165, 1.54) is 12.1 Å². The maximum absolute atomic E-state index is 12.9. The Balaban J connectivity index is 1.81. The SMILES string of the molecule is O=C(NO)C1CCCCN1S(=O)(=O)c1ccc(Oc2ccccc2)cc1. The van der Waals surface area contributed by atoms with Gasteiger partial charge in [-0.25, -0.2) is 13.9 Å². The third-order valence-corrected chi connectivity index (χ3v) is 6.20. The van der Waals surface area contributed by atoms with E-state index in [-0.39, 0.29) is 11.4 Å². The Labute approximate surface area is 152 Å². The van der Waals surface area contributed by atoms with Gasteiger partial charge in [-0.2, -0.15) is 4.31 Å². The summed E-state index contributed by atoms with van der Waals surface area (Å²) in [4.78, 5) is 11.9. The second kappa shape index (κ2) is 7.86. The predicted molar refractivity (Wildman–Crippen MR) is 94.4 cm³/mol. The van der Waals surface area contributed by atoms with Crippen LogP contribution < -0.4 is 10.2 Å². The Morgan fingerprint density at radius 3 is 2.35 bits per heavy atom. The van der Waals surface area contributed by atoms with Gasteiger partial charge in [0.25, 0.3) is 5.91 Å². The lowest BCUT2D eigenvalue weighted by atomic mass is 10.0. The number of carbonyl (C=O) groups is 1. The van der Waals surface area contributed by atoms with E-state index in [4.69, 9.17) is 9.94 Å². The summed E-state index contributed by atoms with van der Waals surface area (Å²) >= 11 is 0. The molecule has 1 heterocycles. The predicted octanol–water partition coefficient (Wildman–Crippen LogP) is 2.53. The molecular formula is C18H20N2O5S. The van der Waals surface area contributed by atoms with E-state index in [0.717, 1.165) is 10.7 Å². The van der Waals surface area contributed by atoms with Gasteiger partial charge in [-0.05, 0) is 49.2 Å². The highest BCUT2D eigenvalue weighted by Gasteiger charge is 2.37. The van der Waals surface area contributed by atoms with Crippen molar-refractivity contribution >= 4 is 15.9 Å². The summed E-state index contributed by atoms with van der Waals surface area (Å²) in [5.41, 5.74) is 1.56. The molecule has 1 saturated heterocycles. The number of carbonyl (C=O) groups excluding carboxylic acids is 1. The zero-order valence-electron chi connectivity index (χ0n) is 14.0. The number of nitrogens with zero attached hydrogens (tertiary/aromatic N) is 1. The Morgan fingerprint density at radius 1 is 1.04 bits per heavy atom. The number of ether oxygens (including phenoxy) is 1. The van der Waals surface area contributed by atoms with E-state index in [9.17, 15) is 13.2 Å². The van der Waals surface area contributed by atoms with E-state index < -0.39 is 22.0 Å². The summed E-state index contributed by atoms with van der Waals surface area (Å²) in [7, 11) is -3.85. The van der Waals surface area contributed by atoms with Crippen LogP contribution in [0.5, 0.6) is 11.5 Å². The Kier molecular flexibility index (Phi) is 5.55. The van der Waals surface area contributed by atoms with Crippen molar-refractivity contribution in [2.45, 2.75) is 30.2 Å². The van der Waals surface area contributed by atoms with E-state index in [0.29, 0.717) is 24.3 Å². The summed E-state index contributed by atoms with van der Waals surface area (Å²) < 4.78 is 32.6. The van der Waals surface area contributed by atoms with Gasteiger partial charge in [-0.15, -0.1) is 0 Å². The zero-order valence-corrected chi connectivity index (χ0v) is 14.9. The molecule has 138 valence electrons. The summed E-state index contributed by atoms with van der Waals surface area (Å²) in [5, 5.41) is 8.88. The molecule has 1 amide bonds. The topological polar surface area (TPSA) is 95.9 Å². The first-order valence-electron chi connectivity index (χ1n) is 8.31. The monoisotopic (exact) mass is 376 g/mol. The molecule has 0 radical (unpaired) electrons. The molecule has 2 aromatic carbocycles. The molecule has 2 N–H and O–H groups in total. The normalized spacial score (nSPS) is 18.3. The smallest absolute Gasteiger partial charge is 0.261 e. The van der Waals surface area contributed by atoms with Gasteiger partial charge >= 0.3 is 0 Å². The number of nitrogens with one attached hydrogen (secondary N) is 1. The molecule has 1 unspecified atom stereocenters. The molecule has 0 aliphatic carbocycles. The molecule has 7 nitrogen and oxygen atoms in total. The standard InChI is InChI=1S/C18H20N2O5S/c21-18(19-22)17-8-4-5-13-20(17)26(23,24)16-11-9-15(10-12-16)25-14-6-2-1-3-7-14/h1-3,6-7,9-12,17,22H,4-5,8,13H2,(H,19,21). The van der Waals surface area contributed by atoms with Crippen molar-refractivity contribution in [2.75, 3.05) is 6.54 Å². The maximum atomic E-state index is 12.9. The van der Waals surface area contributed by atoms with Crippen molar-refractivity contribution < 1.29 is 23.2 Å². The molecule has 8 heteroatoms. The van der Waals surface area contributed by atoms with Gasteiger partial charge in [-0.1, -0.05) is 24.6 Å². The lowest BCUT2D eigenvalue weighted by molar-refractivity contribution is -0.134. The second-order valence-electron chi connectivity index (χ2n) is 5.99. The fourth-order valence-corrected chi connectivity index (χ4v) is 4.63. The largest absolute Gasteiger partial charge is 0.457 e. The third-order valence-electron chi connectivity index (χ3n) is 4.28. The molecule has 26 heavy (non-hydrogen) atoms. The summed E-state index contributed by atoms with van der Waals surface area (Å²) in [5.74, 6) is 0.453. The fraction of sp³-hybridized carbons (Fsp3) is 0.278. The Bertz CT molecular complexity index is 853. The molecule has 2 aromatic rings. The number of amides is 1. The molecule has 1 aliphatic heterocycles. The number of rotatable bonds is 5. The molecule has 3 rings (SSSR count). The number of hydroxylamine groups is 1. The minimum atomic E-state index is -3.85. The van der Waals surface area contributed by atoms with Crippen molar-refractivity contribution in [3.63, 3.8) is 0 Å². The molecule has 0 aromatic heterocycles. The first-order chi connectivity index (χ1) is 12.5. The lowest BCUT2D eigenvalue weighted by Gasteiger charge is -2.33. The summed E-state index contributed by atoms with van der Waals surface area (Å²) in [6.07, 6.45) is 1.78. The van der Waals surface area contributed by atoms with Crippen LogP contribution in [0.25, 0.3) is 0 Å². The van der Waals surface area contributed by atoms with Gasteiger partial charge in [0.1, 0.15) is 17.5 Å². The number of piperidine rings is 1. The quantitative estimate of drug-likeness (QED) is 0.617. The van der Waals surface area contributed by atoms with Crippen LogP contribution in [0.2, 0.25) is 0 Å². The zero-order chi connectivity index (χ0) is 18.6. The van der Waals surface area contributed by atoms with Crippen LogP contribution in [0.4, 0.5) is 0 Å². The van der Waals surface area contributed by atoms with Crippen molar-refractivity contribution in [1.29, 1.82) is 0 Å². The number of sulfonamides is 1. The highest BCUT2D eigenvalue weighted by molar-refractivity contribution is 7.89. The van der Waals surface area contributed by atoms with Crippen molar-refractivity contribution in [1.82, 2.24) is 9.79 Å². The minimum Gasteiger partial charge on any atom is -0.457 e. The first-order valence-corrected chi connectivity index (χ1v) is 9.75. The number of hydrogen-bond acceptors (Lipinski definition) is 5. The molecule has 1 atom stereocenters. The van der Waals surface area contributed by atoms with E-state index >= 15 is 0 Å². The minimum absolute atomic E-state index is 0.0792. The van der Waals surface area contributed by atoms with Crippen LogP contribution in [-0.4, -0.2) is 36.4 Å². The van der Waals surface area contributed by atoms with Gasteiger partial charge < -0.3 is 4.74 Å². The summed E-state index contributed by atoms with van der Waals surface area (Å²) in [6, 6.07) is 14.3. The summed E-state index contributed by atoms with van der Waals surface area (Å²) in [6.45, 7) is 0.239. The molecule has 0 bridgehead atoms. The van der Waals surface area contributed by atoms with Crippen LogP contribution in [0, 0.1) is 0 Å². The second-order valence-corrected chi connectivity index (χ2v) is 7.88. The molecule has 1 fully saturated rings. The molecule has 1 aliphatic rings. The van der Waals surface area contributed by atoms with Crippen LogP contribution in [-0.2, 0) is 14.8 Å². The maximum Gasteiger partial charge on any atom is 0.261 e. The van der Waals surface area contributed by atoms with Crippen LogP contribution in [0.1, 0.15) is 19.3 Å². The van der Waals surface area contributed by atoms with Crippen LogP contribution in [0.15, 0.2) is 59.5 Å². The van der Waals surface area contributed by atoms with E-state index in [2.05, 4.69) is 0 Å². The lowest BCUT2D eigenvalue weighted by Crippen LogP contribution is -2.51. The number of para-hydroxylation sites is 1. The Morgan fingerprint density at radius 2 is 1.69 bits per heavy atom. The van der Waals surface area contributed by atoms with Gasteiger partial charge in [0.15, 0.2) is 0 Å². The van der Waals surface area contributed by atoms with Gasteiger partial charge in [0.05, 0.1) is 4.90 Å². The highest BCUT2D eigenvalue weighted by atomic mass is 32.2. The fourth-order valence-electron chi connectivity index (χ4n) is 2.97. The van der Waals surface area contributed by atoms with Crippen molar-refractivity contribution in [3.05, 3.63) is 54.6 Å². The van der Waals surface area contributed by atoms with E-state index in [1.807, 2.05) is 18.2 Å². The Hall–Kier alpha value is -2.42. The van der Waals surface area contributed by atoms with Gasteiger partial charge in [-0.3, -0.25) is 10.0 Å². The van der Waals surface area contributed by atoms with Gasteiger partial charge in [0, 0.05) is 6.54 Å². The van der Waals surface area contributed by atoms with Crippen LogP contribution >= 0.6 is 0 Å². The average molecular weight is 376 g/mol. The molecular weight excluding hydrogens is 356 g/mol. The third kappa shape index (κ3) is 3.87. The molecule has 0 saturated carbocycles. The first kappa shape index (κ1) is 18.4.